The molecular weight excluding hydrogens is 266 g/mol. The molecule has 0 radical (unpaired) electrons. The summed E-state index contributed by atoms with van der Waals surface area (Å²) in [5.41, 5.74) is 0.428. The fraction of sp³-hybridized carbons (Fsp3) is 0.500. The van der Waals surface area contributed by atoms with Crippen molar-refractivity contribution in [2.24, 2.45) is 5.92 Å². The minimum atomic E-state index is -0.944. The molecule has 1 aliphatic rings. The number of rotatable bonds is 4. The van der Waals surface area contributed by atoms with E-state index in [1.165, 1.54) is 12.3 Å². The molecule has 0 amide bonds. The highest BCUT2D eigenvalue weighted by molar-refractivity contribution is 5.72. The summed E-state index contributed by atoms with van der Waals surface area (Å²) in [6.07, 6.45) is 1.41. The van der Waals surface area contributed by atoms with Gasteiger partial charge in [-0.15, -0.1) is 0 Å². The monoisotopic (exact) mass is 281 g/mol. The van der Waals surface area contributed by atoms with E-state index in [4.69, 9.17) is 9.84 Å². The first-order valence-electron chi connectivity index (χ1n) is 6.06. The Kier molecular flexibility index (Phi) is 3.84. The SMILES string of the molecule is Cc1cnc(N(C)C2COCC2C(=O)O)cc1[N+](=O)[O-]. The van der Waals surface area contributed by atoms with E-state index in [2.05, 4.69) is 4.98 Å². The topological polar surface area (TPSA) is 106 Å². The highest BCUT2D eigenvalue weighted by Gasteiger charge is 2.37. The summed E-state index contributed by atoms with van der Waals surface area (Å²) in [7, 11) is 1.66. The Morgan fingerprint density at radius 1 is 1.60 bits per heavy atom. The number of carboxylic acids is 1. The summed E-state index contributed by atoms with van der Waals surface area (Å²) in [6, 6.07) is 0.967. The molecule has 1 aromatic heterocycles. The molecule has 1 aromatic rings. The number of hydrogen-bond donors (Lipinski definition) is 1. The van der Waals surface area contributed by atoms with Crippen molar-refractivity contribution in [3.05, 3.63) is 27.9 Å². The average molecular weight is 281 g/mol. The summed E-state index contributed by atoms with van der Waals surface area (Å²) in [6.45, 7) is 2.00. The molecule has 2 atom stereocenters. The fourth-order valence-corrected chi connectivity index (χ4v) is 2.22. The summed E-state index contributed by atoms with van der Waals surface area (Å²) in [4.78, 5) is 27.4. The largest absolute Gasteiger partial charge is 0.481 e. The summed E-state index contributed by atoms with van der Waals surface area (Å²) in [5, 5.41) is 20.1. The van der Waals surface area contributed by atoms with Crippen LogP contribution in [0.5, 0.6) is 0 Å². The van der Waals surface area contributed by atoms with Crippen LogP contribution in [0.4, 0.5) is 11.5 Å². The minimum Gasteiger partial charge on any atom is -0.481 e. The van der Waals surface area contributed by atoms with E-state index in [9.17, 15) is 14.9 Å². The van der Waals surface area contributed by atoms with E-state index < -0.39 is 16.8 Å². The van der Waals surface area contributed by atoms with Crippen LogP contribution in [0.1, 0.15) is 5.56 Å². The van der Waals surface area contributed by atoms with E-state index >= 15 is 0 Å². The lowest BCUT2D eigenvalue weighted by molar-refractivity contribution is -0.385. The lowest BCUT2D eigenvalue weighted by Crippen LogP contribution is -2.41. The normalized spacial score (nSPS) is 21.7. The molecule has 0 spiro atoms. The Morgan fingerprint density at radius 3 is 2.90 bits per heavy atom. The standard InChI is InChI=1S/C12H15N3O5/c1-7-4-13-11(3-9(7)15(18)19)14(2)10-6-20-5-8(10)12(16)17/h3-4,8,10H,5-6H2,1-2H3,(H,16,17). The quantitative estimate of drug-likeness (QED) is 0.643. The maximum Gasteiger partial charge on any atom is 0.311 e. The number of nitro groups is 1. The van der Waals surface area contributed by atoms with Crippen LogP contribution in [0.2, 0.25) is 0 Å². The third-order valence-electron chi connectivity index (χ3n) is 3.48. The van der Waals surface area contributed by atoms with Crippen LogP contribution in [0.15, 0.2) is 12.3 Å². The van der Waals surface area contributed by atoms with Gasteiger partial charge in [0.05, 0.1) is 30.2 Å². The Morgan fingerprint density at radius 2 is 2.30 bits per heavy atom. The van der Waals surface area contributed by atoms with E-state index in [0.29, 0.717) is 11.4 Å². The highest BCUT2D eigenvalue weighted by Crippen LogP contribution is 2.27. The van der Waals surface area contributed by atoms with Crippen LogP contribution < -0.4 is 4.90 Å². The van der Waals surface area contributed by atoms with Gasteiger partial charge in [-0.3, -0.25) is 14.9 Å². The van der Waals surface area contributed by atoms with E-state index in [0.717, 1.165) is 0 Å². The number of anilines is 1. The summed E-state index contributed by atoms with van der Waals surface area (Å²) < 4.78 is 5.19. The van der Waals surface area contributed by atoms with Gasteiger partial charge in [0.1, 0.15) is 11.7 Å². The second-order valence-corrected chi connectivity index (χ2v) is 4.75. The molecule has 1 aliphatic heterocycles. The fourth-order valence-electron chi connectivity index (χ4n) is 2.22. The molecule has 0 saturated carbocycles. The molecular formula is C12H15N3O5. The molecule has 8 heteroatoms. The van der Waals surface area contributed by atoms with Crippen molar-refractivity contribution in [2.75, 3.05) is 25.2 Å². The minimum absolute atomic E-state index is 0.0346. The first kappa shape index (κ1) is 14.2. The van der Waals surface area contributed by atoms with Gasteiger partial charge in [0.25, 0.3) is 5.69 Å². The molecule has 1 N–H and O–H groups in total. The van der Waals surface area contributed by atoms with Gasteiger partial charge in [0.2, 0.25) is 0 Å². The van der Waals surface area contributed by atoms with E-state index in [1.54, 1.807) is 18.9 Å². The zero-order valence-corrected chi connectivity index (χ0v) is 11.1. The maximum absolute atomic E-state index is 11.1. The number of carbonyl (C=O) groups is 1. The van der Waals surface area contributed by atoms with Crippen molar-refractivity contribution >= 4 is 17.5 Å². The number of aryl methyl sites for hydroxylation is 1. The molecule has 0 aromatic carbocycles. The molecule has 1 saturated heterocycles. The Hall–Kier alpha value is -2.22. The number of hydrogen-bond acceptors (Lipinski definition) is 6. The van der Waals surface area contributed by atoms with Crippen LogP contribution in [-0.2, 0) is 9.53 Å². The third kappa shape index (κ3) is 2.55. The number of aliphatic carboxylic acids is 1. The Labute approximate surface area is 115 Å². The number of carboxylic acid groups (broad SMARTS) is 1. The van der Waals surface area contributed by atoms with Crippen LogP contribution in [-0.4, -0.2) is 47.3 Å². The lowest BCUT2D eigenvalue weighted by Gasteiger charge is -2.27. The number of pyridine rings is 1. The van der Waals surface area contributed by atoms with Crippen molar-refractivity contribution in [3.8, 4) is 0 Å². The van der Waals surface area contributed by atoms with Gasteiger partial charge in [-0.2, -0.15) is 0 Å². The van der Waals surface area contributed by atoms with Crippen molar-refractivity contribution in [1.29, 1.82) is 0 Å². The van der Waals surface area contributed by atoms with Crippen molar-refractivity contribution in [2.45, 2.75) is 13.0 Å². The molecule has 20 heavy (non-hydrogen) atoms. The van der Waals surface area contributed by atoms with Crippen LogP contribution >= 0.6 is 0 Å². The van der Waals surface area contributed by atoms with Crippen molar-refractivity contribution in [3.63, 3.8) is 0 Å². The van der Waals surface area contributed by atoms with Gasteiger partial charge in [-0.05, 0) is 6.92 Å². The molecule has 2 unspecified atom stereocenters. The summed E-state index contributed by atoms with van der Waals surface area (Å²) >= 11 is 0. The number of nitrogens with zero attached hydrogens (tertiary/aromatic N) is 3. The first-order valence-corrected chi connectivity index (χ1v) is 6.06. The molecule has 8 nitrogen and oxygen atoms in total. The molecule has 2 rings (SSSR count). The lowest BCUT2D eigenvalue weighted by atomic mass is 10.0. The van der Waals surface area contributed by atoms with Crippen molar-refractivity contribution < 1.29 is 19.6 Å². The smallest absolute Gasteiger partial charge is 0.311 e. The predicted molar refractivity (Wildman–Crippen MR) is 69.8 cm³/mol. The van der Waals surface area contributed by atoms with Gasteiger partial charge >= 0.3 is 5.97 Å². The molecule has 1 fully saturated rings. The predicted octanol–water partition coefficient (Wildman–Crippen LogP) is 0.834. The van der Waals surface area contributed by atoms with E-state index in [-0.39, 0.29) is 24.9 Å². The van der Waals surface area contributed by atoms with Gasteiger partial charge in [0, 0.05) is 18.8 Å². The zero-order chi connectivity index (χ0) is 14.9. The molecule has 2 heterocycles. The highest BCUT2D eigenvalue weighted by atomic mass is 16.6. The molecule has 0 aliphatic carbocycles. The Bertz CT molecular complexity index is 548. The van der Waals surface area contributed by atoms with Crippen molar-refractivity contribution in [1.82, 2.24) is 4.98 Å². The first-order chi connectivity index (χ1) is 9.41. The number of ether oxygens (including phenoxy) is 1. The summed E-state index contributed by atoms with van der Waals surface area (Å²) in [5.74, 6) is -1.24. The number of aromatic nitrogens is 1. The zero-order valence-electron chi connectivity index (χ0n) is 11.1. The number of likely N-dealkylation sites (N-methyl/N-ethyl adjacent to an activating group) is 1. The van der Waals surface area contributed by atoms with Gasteiger partial charge in [-0.1, -0.05) is 0 Å². The van der Waals surface area contributed by atoms with Crippen LogP contribution in [0.25, 0.3) is 0 Å². The van der Waals surface area contributed by atoms with E-state index in [1.807, 2.05) is 0 Å². The van der Waals surface area contributed by atoms with Gasteiger partial charge in [-0.25, -0.2) is 4.98 Å². The Balaban J connectivity index is 2.29. The van der Waals surface area contributed by atoms with Crippen LogP contribution in [0, 0.1) is 23.0 Å². The van der Waals surface area contributed by atoms with Crippen LogP contribution in [0.3, 0.4) is 0 Å². The maximum atomic E-state index is 11.1. The van der Waals surface area contributed by atoms with Gasteiger partial charge in [0.15, 0.2) is 0 Å². The molecule has 108 valence electrons. The second kappa shape index (κ2) is 5.41. The third-order valence-corrected chi connectivity index (χ3v) is 3.48. The van der Waals surface area contributed by atoms with Gasteiger partial charge < -0.3 is 14.7 Å². The second-order valence-electron chi connectivity index (χ2n) is 4.75. The average Bonchev–Trinajstić information content (AvgIpc) is 2.87. The molecule has 0 bridgehead atoms.